The van der Waals surface area contributed by atoms with Crippen LogP contribution in [0.25, 0.3) is 0 Å². The van der Waals surface area contributed by atoms with Crippen LogP contribution >= 0.6 is 0 Å². The van der Waals surface area contributed by atoms with E-state index in [9.17, 15) is 14.9 Å². The van der Waals surface area contributed by atoms with Crippen molar-refractivity contribution in [3.8, 4) is 5.75 Å². The minimum atomic E-state index is -0.696. The van der Waals surface area contributed by atoms with E-state index in [1.807, 2.05) is 0 Å². The second kappa shape index (κ2) is 5.97. The van der Waals surface area contributed by atoms with Crippen molar-refractivity contribution in [1.82, 2.24) is 5.32 Å². The third kappa shape index (κ3) is 3.42. The molecule has 1 aromatic carbocycles. The second-order valence-corrected chi connectivity index (χ2v) is 3.70. The normalized spacial score (nSPS) is 11.7. The molecule has 0 unspecified atom stereocenters. The van der Waals surface area contributed by atoms with Gasteiger partial charge in [-0.15, -0.1) is 0 Å². The second-order valence-electron chi connectivity index (χ2n) is 3.70. The SMILES string of the molecule is COc1ccc([N+](=O)[O-])cc1C(=O)NC[C@@H](C)O. The van der Waals surface area contributed by atoms with Crippen LogP contribution in [0.4, 0.5) is 5.69 Å². The molecule has 0 heterocycles. The lowest BCUT2D eigenvalue weighted by atomic mass is 10.1. The van der Waals surface area contributed by atoms with Crippen molar-refractivity contribution in [3.63, 3.8) is 0 Å². The van der Waals surface area contributed by atoms with E-state index in [2.05, 4.69) is 5.32 Å². The first-order valence-electron chi connectivity index (χ1n) is 5.24. The van der Waals surface area contributed by atoms with Crippen LogP contribution in [0.2, 0.25) is 0 Å². The number of nitro groups is 1. The van der Waals surface area contributed by atoms with E-state index in [1.54, 1.807) is 0 Å². The number of ether oxygens (including phenoxy) is 1. The number of hydrogen-bond donors (Lipinski definition) is 2. The summed E-state index contributed by atoms with van der Waals surface area (Å²) < 4.78 is 4.96. The number of nitrogens with zero attached hydrogens (tertiary/aromatic N) is 1. The first-order valence-corrected chi connectivity index (χ1v) is 5.24. The Morgan fingerprint density at radius 1 is 1.61 bits per heavy atom. The summed E-state index contributed by atoms with van der Waals surface area (Å²) in [7, 11) is 1.37. The zero-order valence-corrected chi connectivity index (χ0v) is 10.0. The summed E-state index contributed by atoms with van der Waals surface area (Å²) in [6.07, 6.45) is -0.696. The van der Waals surface area contributed by atoms with Gasteiger partial charge in [0.2, 0.25) is 0 Å². The fourth-order valence-electron chi connectivity index (χ4n) is 1.32. The van der Waals surface area contributed by atoms with Crippen molar-refractivity contribution < 1.29 is 19.6 Å². The molecule has 0 saturated carbocycles. The molecule has 0 fully saturated rings. The number of nitro benzene ring substituents is 1. The molecule has 0 aromatic heterocycles. The number of carbonyl (C=O) groups excluding carboxylic acids is 1. The van der Waals surface area contributed by atoms with E-state index in [0.29, 0.717) is 0 Å². The number of benzene rings is 1. The number of non-ortho nitro benzene ring substituents is 1. The third-order valence-electron chi connectivity index (χ3n) is 2.20. The summed E-state index contributed by atoms with van der Waals surface area (Å²) in [6, 6.07) is 3.75. The van der Waals surface area contributed by atoms with Gasteiger partial charge in [0.25, 0.3) is 11.6 Å². The summed E-state index contributed by atoms with van der Waals surface area (Å²) in [6.45, 7) is 1.58. The first kappa shape index (κ1) is 13.9. The van der Waals surface area contributed by atoms with Crippen molar-refractivity contribution in [2.75, 3.05) is 13.7 Å². The molecule has 18 heavy (non-hydrogen) atoms. The van der Waals surface area contributed by atoms with Crippen LogP contribution in [-0.4, -0.2) is 35.7 Å². The number of hydrogen-bond acceptors (Lipinski definition) is 5. The van der Waals surface area contributed by atoms with Gasteiger partial charge in [0.05, 0.1) is 23.7 Å². The minimum absolute atomic E-state index is 0.0602. The Balaban J connectivity index is 3.00. The van der Waals surface area contributed by atoms with Crippen LogP contribution in [0.15, 0.2) is 18.2 Å². The van der Waals surface area contributed by atoms with E-state index in [1.165, 1.54) is 26.2 Å². The van der Waals surface area contributed by atoms with Crippen molar-refractivity contribution in [2.45, 2.75) is 13.0 Å². The van der Waals surface area contributed by atoms with Crippen LogP contribution in [0.5, 0.6) is 5.75 Å². The standard InChI is InChI=1S/C11H14N2O5/c1-7(14)6-12-11(15)9-5-8(13(16)17)3-4-10(9)18-2/h3-5,7,14H,6H2,1-2H3,(H,12,15)/t7-/m1/s1. The van der Waals surface area contributed by atoms with Gasteiger partial charge in [0, 0.05) is 18.7 Å². The molecular formula is C11H14N2O5. The van der Waals surface area contributed by atoms with Crippen LogP contribution in [0.1, 0.15) is 17.3 Å². The molecule has 1 amide bonds. The maximum absolute atomic E-state index is 11.8. The fraction of sp³-hybridized carbons (Fsp3) is 0.364. The quantitative estimate of drug-likeness (QED) is 0.595. The van der Waals surface area contributed by atoms with Gasteiger partial charge in [-0.05, 0) is 13.0 Å². The summed E-state index contributed by atoms with van der Waals surface area (Å²) >= 11 is 0. The van der Waals surface area contributed by atoms with E-state index < -0.39 is 16.9 Å². The molecule has 98 valence electrons. The molecule has 7 heteroatoms. The van der Waals surface area contributed by atoms with Crippen molar-refractivity contribution in [1.29, 1.82) is 0 Å². The number of amides is 1. The molecule has 0 bridgehead atoms. The molecule has 0 aliphatic heterocycles. The molecule has 0 saturated heterocycles. The molecule has 0 spiro atoms. The zero-order valence-electron chi connectivity index (χ0n) is 10.0. The molecule has 0 aliphatic carbocycles. The number of aliphatic hydroxyl groups excluding tert-OH is 1. The van der Waals surface area contributed by atoms with Gasteiger partial charge in [-0.25, -0.2) is 0 Å². The molecule has 7 nitrogen and oxygen atoms in total. The van der Waals surface area contributed by atoms with E-state index in [0.717, 1.165) is 6.07 Å². The predicted octanol–water partition coefficient (Wildman–Crippen LogP) is 0.714. The monoisotopic (exact) mass is 254 g/mol. The summed E-state index contributed by atoms with van der Waals surface area (Å²) in [5.74, 6) is -0.292. The highest BCUT2D eigenvalue weighted by Crippen LogP contribution is 2.23. The van der Waals surface area contributed by atoms with Crippen LogP contribution in [0, 0.1) is 10.1 Å². The van der Waals surface area contributed by atoms with Gasteiger partial charge in [0.1, 0.15) is 5.75 Å². The van der Waals surface area contributed by atoms with Crippen molar-refractivity contribution >= 4 is 11.6 Å². The van der Waals surface area contributed by atoms with Gasteiger partial charge in [-0.2, -0.15) is 0 Å². The maximum Gasteiger partial charge on any atom is 0.270 e. The van der Waals surface area contributed by atoms with Crippen LogP contribution in [0.3, 0.4) is 0 Å². The van der Waals surface area contributed by atoms with Crippen LogP contribution < -0.4 is 10.1 Å². The maximum atomic E-state index is 11.8. The highest BCUT2D eigenvalue weighted by atomic mass is 16.6. The van der Waals surface area contributed by atoms with Gasteiger partial charge >= 0.3 is 0 Å². The van der Waals surface area contributed by atoms with Gasteiger partial charge in [-0.3, -0.25) is 14.9 Å². The van der Waals surface area contributed by atoms with E-state index >= 15 is 0 Å². The number of methoxy groups -OCH3 is 1. The predicted molar refractivity (Wildman–Crippen MR) is 63.7 cm³/mol. The summed E-state index contributed by atoms with van der Waals surface area (Å²) in [4.78, 5) is 21.8. The highest BCUT2D eigenvalue weighted by molar-refractivity contribution is 5.97. The fourth-order valence-corrected chi connectivity index (χ4v) is 1.32. The lowest BCUT2D eigenvalue weighted by Gasteiger charge is -2.10. The lowest BCUT2D eigenvalue weighted by Crippen LogP contribution is -2.30. The average molecular weight is 254 g/mol. The molecule has 1 atom stereocenters. The number of rotatable bonds is 5. The van der Waals surface area contributed by atoms with Crippen LogP contribution in [-0.2, 0) is 0 Å². The lowest BCUT2D eigenvalue weighted by molar-refractivity contribution is -0.384. The Hall–Kier alpha value is -2.15. The average Bonchev–Trinajstić information content (AvgIpc) is 2.34. The number of nitrogens with one attached hydrogen (secondary N) is 1. The largest absolute Gasteiger partial charge is 0.496 e. The van der Waals surface area contributed by atoms with E-state index in [4.69, 9.17) is 9.84 Å². The number of carbonyl (C=O) groups is 1. The third-order valence-corrected chi connectivity index (χ3v) is 2.20. The molecular weight excluding hydrogens is 240 g/mol. The van der Waals surface area contributed by atoms with Gasteiger partial charge < -0.3 is 15.2 Å². The van der Waals surface area contributed by atoms with Crippen molar-refractivity contribution in [3.05, 3.63) is 33.9 Å². The summed E-state index contributed by atoms with van der Waals surface area (Å²) in [5.41, 5.74) is -0.134. The molecule has 0 aliphatic rings. The Morgan fingerprint density at radius 3 is 2.78 bits per heavy atom. The topological polar surface area (TPSA) is 102 Å². The van der Waals surface area contributed by atoms with Gasteiger partial charge in [0.15, 0.2) is 0 Å². The Bertz CT molecular complexity index is 459. The minimum Gasteiger partial charge on any atom is -0.496 e. The van der Waals surface area contributed by atoms with Crippen molar-refractivity contribution in [2.24, 2.45) is 0 Å². The zero-order chi connectivity index (χ0) is 13.7. The molecule has 1 rings (SSSR count). The van der Waals surface area contributed by atoms with Gasteiger partial charge in [-0.1, -0.05) is 0 Å². The highest BCUT2D eigenvalue weighted by Gasteiger charge is 2.17. The molecule has 1 aromatic rings. The number of aliphatic hydroxyl groups is 1. The smallest absolute Gasteiger partial charge is 0.270 e. The molecule has 2 N–H and O–H groups in total. The Kier molecular flexibility index (Phi) is 4.61. The summed E-state index contributed by atoms with van der Waals surface area (Å²) in [5, 5.41) is 22.1. The Morgan fingerprint density at radius 2 is 2.28 bits per heavy atom. The Labute approximate surface area is 104 Å². The molecule has 0 radical (unpaired) electrons. The first-order chi connectivity index (χ1) is 8.45. The van der Waals surface area contributed by atoms with E-state index in [-0.39, 0.29) is 23.5 Å².